The Balaban J connectivity index is 2.12. The van der Waals surface area contributed by atoms with Crippen molar-refractivity contribution < 1.29 is 4.79 Å². The van der Waals surface area contributed by atoms with Gasteiger partial charge in [0.1, 0.15) is 4.34 Å². The van der Waals surface area contributed by atoms with Gasteiger partial charge in [-0.3, -0.25) is 4.79 Å². The highest BCUT2D eigenvalue weighted by atomic mass is 35.5. The van der Waals surface area contributed by atoms with Crippen molar-refractivity contribution in [2.75, 3.05) is 6.54 Å². The highest BCUT2D eigenvalue weighted by Crippen LogP contribution is 2.35. The average Bonchev–Trinajstić information content (AvgIpc) is 3.04. The zero-order valence-corrected chi connectivity index (χ0v) is 12.6. The molecule has 0 aliphatic heterocycles. The van der Waals surface area contributed by atoms with Gasteiger partial charge in [0, 0.05) is 19.0 Å². The van der Waals surface area contributed by atoms with Gasteiger partial charge in [0.15, 0.2) is 0 Å². The molecule has 3 nitrogen and oxygen atoms in total. The first kappa shape index (κ1) is 14.1. The molecule has 98 valence electrons. The first-order valence-electron chi connectivity index (χ1n) is 5.53. The number of thiocarbonyl (C=S) groups is 1. The van der Waals surface area contributed by atoms with E-state index in [0.717, 1.165) is 12.8 Å². The molecular weight excluding hydrogens is 311 g/mol. The standard InChI is InChI=1S/C11H12Cl2N2OS2/c12-8-5-7(10(13)18-8)11(16)15(6-1-2-6)4-3-9(14)17/h5-6H,1-4H2,(H2,14,17). The van der Waals surface area contributed by atoms with Crippen LogP contribution in [0.4, 0.5) is 0 Å². The first-order chi connectivity index (χ1) is 8.49. The van der Waals surface area contributed by atoms with Crippen LogP contribution in [0.25, 0.3) is 0 Å². The van der Waals surface area contributed by atoms with Crippen molar-refractivity contribution >= 4 is 57.7 Å². The average molecular weight is 323 g/mol. The molecule has 0 bridgehead atoms. The van der Waals surface area contributed by atoms with Gasteiger partial charge in [-0.15, -0.1) is 11.3 Å². The predicted octanol–water partition coefficient (Wildman–Crippen LogP) is 3.34. The molecule has 0 spiro atoms. The van der Waals surface area contributed by atoms with Gasteiger partial charge in [0.2, 0.25) is 0 Å². The van der Waals surface area contributed by atoms with E-state index in [0.29, 0.717) is 38.2 Å². The van der Waals surface area contributed by atoms with Crippen LogP contribution >= 0.6 is 46.8 Å². The Morgan fingerprint density at radius 2 is 2.22 bits per heavy atom. The third-order valence-corrected chi connectivity index (χ3v) is 4.43. The third-order valence-electron chi connectivity index (χ3n) is 2.73. The fourth-order valence-corrected chi connectivity index (χ4v) is 3.25. The molecule has 0 saturated heterocycles. The van der Waals surface area contributed by atoms with E-state index in [1.54, 1.807) is 11.0 Å². The van der Waals surface area contributed by atoms with Crippen LogP contribution in [0.3, 0.4) is 0 Å². The normalized spacial score (nSPS) is 14.6. The van der Waals surface area contributed by atoms with Crippen molar-refractivity contribution in [3.05, 3.63) is 20.3 Å². The zero-order valence-electron chi connectivity index (χ0n) is 9.49. The van der Waals surface area contributed by atoms with Gasteiger partial charge in [-0.2, -0.15) is 0 Å². The fourth-order valence-electron chi connectivity index (χ4n) is 1.71. The molecule has 1 heterocycles. The molecular formula is C11H12Cl2N2OS2. The second-order valence-corrected chi connectivity index (χ2v) is 6.99. The summed E-state index contributed by atoms with van der Waals surface area (Å²) in [5.74, 6) is -0.0816. The van der Waals surface area contributed by atoms with Crippen LogP contribution < -0.4 is 5.73 Å². The van der Waals surface area contributed by atoms with Gasteiger partial charge < -0.3 is 10.6 Å². The summed E-state index contributed by atoms with van der Waals surface area (Å²) in [7, 11) is 0. The van der Waals surface area contributed by atoms with Crippen molar-refractivity contribution in [3.8, 4) is 0 Å². The van der Waals surface area contributed by atoms with E-state index in [1.165, 1.54) is 11.3 Å². The molecule has 1 saturated carbocycles. The Morgan fingerprint density at radius 3 is 2.67 bits per heavy atom. The van der Waals surface area contributed by atoms with Crippen molar-refractivity contribution in [2.24, 2.45) is 5.73 Å². The maximum Gasteiger partial charge on any atom is 0.256 e. The first-order valence-corrected chi connectivity index (χ1v) is 7.51. The minimum absolute atomic E-state index is 0.0816. The second kappa shape index (κ2) is 5.74. The van der Waals surface area contributed by atoms with E-state index in [-0.39, 0.29) is 5.91 Å². The van der Waals surface area contributed by atoms with E-state index in [1.807, 2.05) is 0 Å². The topological polar surface area (TPSA) is 46.3 Å². The van der Waals surface area contributed by atoms with Gasteiger partial charge >= 0.3 is 0 Å². The zero-order chi connectivity index (χ0) is 13.3. The lowest BCUT2D eigenvalue weighted by Crippen LogP contribution is -2.35. The van der Waals surface area contributed by atoms with Crippen LogP contribution in [0, 0.1) is 0 Å². The SMILES string of the molecule is NC(=S)CCN(C(=O)c1cc(Cl)sc1Cl)C1CC1. The predicted molar refractivity (Wildman–Crippen MR) is 79.8 cm³/mol. The highest BCUT2D eigenvalue weighted by Gasteiger charge is 2.34. The summed E-state index contributed by atoms with van der Waals surface area (Å²) in [5, 5.41) is 0. The van der Waals surface area contributed by atoms with Gasteiger partial charge in [0.25, 0.3) is 5.91 Å². The van der Waals surface area contributed by atoms with Gasteiger partial charge in [-0.25, -0.2) is 0 Å². The Kier molecular flexibility index (Phi) is 4.48. The largest absolute Gasteiger partial charge is 0.393 e. The molecule has 1 amide bonds. The molecule has 0 aromatic carbocycles. The lowest BCUT2D eigenvalue weighted by Gasteiger charge is -2.21. The Labute approximate surface area is 125 Å². The Bertz CT molecular complexity index is 485. The Morgan fingerprint density at radius 1 is 1.56 bits per heavy atom. The van der Waals surface area contributed by atoms with E-state index in [9.17, 15) is 4.79 Å². The molecule has 2 N–H and O–H groups in total. The van der Waals surface area contributed by atoms with Crippen LogP contribution in [0.2, 0.25) is 8.67 Å². The second-order valence-electron chi connectivity index (χ2n) is 4.18. The number of hydrogen-bond donors (Lipinski definition) is 1. The van der Waals surface area contributed by atoms with E-state index < -0.39 is 0 Å². The van der Waals surface area contributed by atoms with Gasteiger partial charge in [-0.05, 0) is 18.9 Å². The third kappa shape index (κ3) is 3.35. The smallest absolute Gasteiger partial charge is 0.256 e. The van der Waals surface area contributed by atoms with Crippen molar-refractivity contribution in [1.82, 2.24) is 4.90 Å². The van der Waals surface area contributed by atoms with Crippen LogP contribution in [0.15, 0.2) is 6.07 Å². The van der Waals surface area contributed by atoms with Crippen molar-refractivity contribution in [2.45, 2.75) is 25.3 Å². The number of carbonyl (C=O) groups is 1. The summed E-state index contributed by atoms with van der Waals surface area (Å²) < 4.78 is 0.958. The number of rotatable bonds is 5. The van der Waals surface area contributed by atoms with Crippen LogP contribution in [0.5, 0.6) is 0 Å². The van der Waals surface area contributed by atoms with Crippen molar-refractivity contribution in [3.63, 3.8) is 0 Å². The molecule has 0 radical (unpaired) electrons. The minimum Gasteiger partial charge on any atom is -0.393 e. The lowest BCUT2D eigenvalue weighted by molar-refractivity contribution is 0.0749. The number of carbonyl (C=O) groups excluding carboxylic acids is 1. The maximum absolute atomic E-state index is 12.4. The van der Waals surface area contributed by atoms with Gasteiger partial charge in [0.05, 0.1) is 14.9 Å². The molecule has 0 unspecified atom stereocenters. The highest BCUT2D eigenvalue weighted by molar-refractivity contribution is 7.80. The van der Waals surface area contributed by atoms with E-state index in [2.05, 4.69) is 0 Å². The number of amides is 1. The van der Waals surface area contributed by atoms with E-state index >= 15 is 0 Å². The monoisotopic (exact) mass is 322 g/mol. The molecule has 1 aliphatic carbocycles. The number of nitrogens with two attached hydrogens (primary N) is 1. The minimum atomic E-state index is -0.0816. The molecule has 1 aromatic heterocycles. The lowest BCUT2D eigenvalue weighted by atomic mass is 10.2. The molecule has 1 aliphatic rings. The molecule has 1 fully saturated rings. The fraction of sp³-hybridized carbons (Fsp3) is 0.455. The summed E-state index contributed by atoms with van der Waals surface area (Å²) in [6.45, 7) is 0.544. The number of thiophene rings is 1. The molecule has 18 heavy (non-hydrogen) atoms. The molecule has 7 heteroatoms. The molecule has 0 atom stereocenters. The summed E-state index contributed by atoms with van der Waals surface area (Å²) in [4.78, 5) is 14.6. The summed E-state index contributed by atoms with van der Waals surface area (Å²) in [6, 6.07) is 1.91. The quantitative estimate of drug-likeness (QED) is 0.846. The number of halogens is 2. The van der Waals surface area contributed by atoms with Crippen LogP contribution in [0.1, 0.15) is 29.6 Å². The molecule has 2 rings (SSSR count). The number of hydrogen-bond acceptors (Lipinski definition) is 3. The summed E-state index contributed by atoms with van der Waals surface area (Å²) in [5.41, 5.74) is 5.96. The summed E-state index contributed by atoms with van der Waals surface area (Å²) >= 11 is 17.9. The van der Waals surface area contributed by atoms with Gasteiger partial charge in [-0.1, -0.05) is 35.4 Å². The maximum atomic E-state index is 12.4. The van der Waals surface area contributed by atoms with Crippen LogP contribution in [-0.4, -0.2) is 28.4 Å². The van der Waals surface area contributed by atoms with Crippen molar-refractivity contribution in [1.29, 1.82) is 0 Å². The van der Waals surface area contributed by atoms with E-state index in [4.69, 9.17) is 41.2 Å². The summed E-state index contributed by atoms with van der Waals surface area (Å²) in [6.07, 6.45) is 2.59. The van der Waals surface area contributed by atoms with Crippen LogP contribution in [-0.2, 0) is 0 Å². The number of nitrogens with zero attached hydrogens (tertiary/aromatic N) is 1. The Hall–Kier alpha value is -0.360. The molecule has 1 aromatic rings.